The van der Waals surface area contributed by atoms with E-state index in [1.54, 1.807) is 27.7 Å². The van der Waals surface area contributed by atoms with E-state index in [1.165, 1.54) is 0 Å². The number of hydrogen-bond acceptors (Lipinski definition) is 4. The molecule has 4 heteroatoms. The Balaban J connectivity index is 2.47. The molecule has 1 saturated heterocycles. The fraction of sp³-hybridized carbons (Fsp3) is 1.00. The van der Waals surface area contributed by atoms with Crippen molar-refractivity contribution in [3.8, 4) is 0 Å². The average molecular weight is 202 g/mol. The number of aliphatic hydroxyl groups is 2. The molecule has 2 N–H and O–H groups in total. The lowest BCUT2D eigenvalue weighted by Gasteiger charge is -2.44. The van der Waals surface area contributed by atoms with Crippen LogP contribution in [0.3, 0.4) is 0 Å². The van der Waals surface area contributed by atoms with Gasteiger partial charge in [0.15, 0.2) is 0 Å². The molecule has 0 aromatic heterocycles. The molecular formula is C10H22N2O2. The van der Waals surface area contributed by atoms with Crippen LogP contribution in [0.15, 0.2) is 0 Å². The molecular weight excluding hydrogens is 180 g/mol. The molecule has 1 fully saturated rings. The maximum atomic E-state index is 9.78. The highest BCUT2D eigenvalue weighted by Crippen LogP contribution is 2.18. The van der Waals surface area contributed by atoms with Gasteiger partial charge in [0, 0.05) is 26.2 Å². The van der Waals surface area contributed by atoms with Gasteiger partial charge in [-0.2, -0.15) is 0 Å². The van der Waals surface area contributed by atoms with Gasteiger partial charge in [-0.15, -0.1) is 0 Å². The van der Waals surface area contributed by atoms with Crippen molar-refractivity contribution >= 4 is 0 Å². The normalized spacial score (nSPS) is 22.7. The number of piperazine rings is 1. The summed E-state index contributed by atoms with van der Waals surface area (Å²) in [5.74, 6) is 0. The lowest BCUT2D eigenvalue weighted by atomic mass is 10.1. The third-order valence-corrected chi connectivity index (χ3v) is 2.83. The Kier molecular flexibility index (Phi) is 3.21. The molecule has 1 rings (SSSR count). The predicted octanol–water partition coefficient (Wildman–Crippen LogP) is 0.0608. The van der Waals surface area contributed by atoms with Crippen molar-refractivity contribution in [1.82, 2.24) is 9.80 Å². The molecule has 84 valence electrons. The molecule has 0 aliphatic carbocycles. The van der Waals surface area contributed by atoms with E-state index in [1.807, 2.05) is 9.80 Å². The molecule has 0 bridgehead atoms. The van der Waals surface area contributed by atoms with Crippen LogP contribution in [0, 0.1) is 0 Å². The third kappa shape index (κ3) is 2.92. The number of nitrogens with zero attached hydrogens (tertiary/aromatic N) is 2. The van der Waals surface area contributed by atoms with Crippen LogP contribution < -0.4 is 0 Å². The van der Waals surface area contributed by atoms with Crippen molar-refractivity contribution in [2.75, 3.05) is 26.2 Å². The van der Waals surface area contributed by atoms with Gasteiger partial charge in [-0.3, -0.25) is 9.80 Å². The number of hydrogen-bond donors (Lipinski definition) is 2. The Morgan fingerprint density at radius 3 is 1.07 bits per heavy atom. The molecule has 0 amide bonds. The fourth-order valence-corrected chi connectivity index (χ4v) is 1.80. The molecule has 0 atom stereocenters. The first-order chi connectivity index (χ1) is 6.21. The summed E-state index contributed by atoms with van der Waals surface area (Å²) in [6.07, 6.45) is 0. The monoisotopic (exact) mass is 202 g/mol. The summed E-state index contributed by atoms with van der Waals surface area (Å²) in [4.78, 5) is 4.05. The van der Waals surface area contributed by atoms with Gasteiger partial charge in [-0.05, 0) is 27.7 Å². The zero-order valence-corrected chi connectivity index (χ0v) is 9.62. The summed E-state index contributed by atoms with van der Waals surface area (Å²) in [5, 5.41) is 19.6. The summed E-state index contributed by atoms with van der Waals surface area (Å²) >= 11 is 0. The largest absolute Gasteiger partial charge is 0.376 e. The second-order valence-corrected chi connectivity index (χ2v) is 4.96. The topological polar surface area (TPSA) is 46.9 Å². The van der Waals surface area contributed by atoms with Crippen LogP contribution in [0.5, 0.6) is 0 Å². The fourth-order valence-electron chi connectivity index (χ4n) is 1.80. The van der Waals surface area contributed by atoms with Gasteiger partial charge in [-0.1, -0.05) is 0 Å². The summed E-state index contributed by atoms with van der Waals surface area (Å²) in [6.45, 7) is 10.4. The van der Waals surface area contributed by atoms with Gasteiger partial charge in [0.2, 0.25) is 0 Å². The predicted molar refractivity (Wildman–Crippen MR) is 55.7 cm³/mol. The van der Waals surface area contributed by atoms with Crippen LogP contribution in [0.25, 0.3) is 0 Å². The van der Waals surface area contributed by atoms with Gasteiger partial charge in [0.1, 0.15) is 11.4 Å². The van der Waals surface area contributed by atoms with Gasteiger partial charge in [-0.25, -0.2) is 0 Å². The third-order valence-electron chi connectivity index (χ3n) is 2.83. The van der Waals surface area contributed by atoms with E-state index in [9.17, 15) is 10.2 Å². The molecule has 0 saturated carbocycles. The van der Waals surface area contributed by atoms with E-state index in [-0.39, 0.29) is 0 Å². The van der Waals surface area contributed by atoms with Crippen LogP contribution in [-0.4, -0.2) is 57.6 Å². The van der Waals surface area contributed by atoms with E-state index in [2.05, 4.69) is 0 Å². The molecule has 1 aliphatic heterocycles. The highest BCUT2D eigenvalue weighted by atomic mass is 16.3. The zero-order valence-electron chi connectivity index (χ0n) is 9.62. The molecule has 14 heavy (non-hydrogen) atoms. The van der Waals surface area contributed by atoms with Crippen LogP contribution in [0.1, 0.15) is 27.7 Å². The van der Waals surface area contributed by atoms with Gasteiger partial charge < -0.3 is 10.2 Å². The summed E-state index contributed by atoms with van der Waals surface area (Å²) in [5.41, 5.74) is -1.49. The van der Waals surface area contributed by atoms with Crippen molar-refractivity contribution in [2.24, 2.45) is 0 Å². The molecule has 0 aromatic carbocycles. The van der Waals surface area contributed by atoms with E-state index in [0.717, 1.165) is 26.2 Å². The quantitative estimate of drug-likeness (QED) is 0.665. The highest BCUT2D eigenvalue weighted by molar-refractivity contribution is 4.81. The molecule has 0 aromatic rings. The zero-order chi connectivity index (χ0) is 11.0. The van der Waals surface area contributed by atoms with Gasteiger partial charge >= 0.3 is 0 Å². The number of rotatable bonds is 2. The van der Waals surface area contributed by atoms with E-state index in [4.69, 9.17) is 0 Å². The molecule has 0 radical (unpaired) electrons. The Labute approximate surface area is 86.1 Å². The minimum absolute atomic E-state index is 0.744. The lowest BCUT2D eigenvalue weighted by Crippen LogP contribution is -2.59. The minimum atomic E-state index is -0.744. The SMILES string of the molecule is CC(C)(O)N1CCN(C(C)(C)O)CC1. The Morgan fingerprint density at radius 1 is 0.714 bits per heavy atom. The van der Waals surface area contributed by atoms with Crippen molar-refractivity contribution in [2.45, 2.75) is 39.1 Å². The van der Waals surface area contributed by atoms with Crippen molar-refractivity contribution in [3.05, 3.63) is 0 Å². The van der Waals surface area contributed by atoms with Crippen LogP contribution in [0.2, 0.25) is 0 Å². The van der Waals surface area contributed by atoms with Gasteiger partial charge in [0.05, 0.1) is 0 Å². The van der Waals surface area contributed by atoms with Crippen molar-refractivity contribution in [3.63, 3.8) is 0 Å². The van der Waals surface area contributed by atoms with Crippen LogP contribution >= 0.6 is 0 Å². The first-order valence-electron chi connectivity index (χ1n) is 5.16. The smallest absolute Gasteiger partial charge is 0.112 e. The van der Waals surface area contributed by atoms with E-state index in [0.29, 0.717) is 0 Å². The first kappa shape index (κ1) is 11.9. The Bertz CT molecular complexity index is 163. The highest BCUT2D eigenvalue weighted by Gasteiger charge is 2.32. The molecule has 0 spiro atoms. The lowest BCUT2D eigenvalue weighted by molar-refractivity contribution is -0.141. The second kappa shape index (κ2) is 3.77. The minimum Gasteiger partial charge on any atom is -0.376 e. The molecule has 1 aliphatic rings. The summed E-state index contributed by atoms with van der Waals surface area (Å²) in [6, 6.07) is 0. The second-order valence-electron chi connectivity index (χ2n) is 4.96. The van der Waals surface area contributed by atoms with Crippen LogP contribution in [0.4, 0.5) is 0 Å². The maximum Gasteiger partial charge on any atom is 0.112 e. The molecule has 4 nitrogen and oxygen atoms in total. The summed E-state index contributed by atoms with van der Waals surface area (Å²) in [7, 11) is 0. The van der Waals surface area contributed by atoms with Crippen molar-refractivity contribution in [1.29, 1.82) is 0 Å². The van der Waals surface area contributed by atoms with Crippen LogP contribution in [-0.2, 0) is 0 Å². The standard InChI is InChI=1S/C10H22N2O2/c1-9(2,13)11-5-7-12(8-6-11)10(3,4)14/h13-14H,5-8H2,1-4H3. The molecule has 1 heterocycles. The maximum absolute atomic E-state index is 9.78. The van der Waals surface area contributed by atoms with Gasteiger partial charge in [0.25, 0.3) is 0 Å². The molecule has 0 unspecified atom stereocenters. The first-order valence-corrected chi connectivity index (χ1v) is 5.16. The van der Waals surface area contributed by atoms with E-state index >= 15 is 0 Å². The Morgan fingerprint density at radius 2 is 0.929 bits per heavy atom. The summed E-state index contributed by atoms with van der Waals surface area (Å²) < 4.78 is 0. The van der Waals surface area contributed by atoms with E-state index < -0.39 is 11.4 Å². The van der Waals surface area contributed by atoms with Crippen molar-refractivity contribution < 1.29 is 10.2 Å². The average Bonchev–Trinajstić information content (AvgIpc) is 2.01. The Hall–Kier alpha value is -0.160.